The molecule has 0 heterocycles. The minimum atomic E-state index is -0.171. The van der Waals surface area contributed by atoms with E-state index >= 15 is 0 Å². The minimum Gasteiger partial charge on any atom is -0.424 e. The van der Waals surface area contributed by atoms with Crippen LogP contribution in [0.25, 0.3) is 0 Å². The first kappa shape index (κ1) is 19.2. The Balaban J connectivity index is 1.50. The lowest BCUT2D eigenvalue weighted by molar-refractivity contribution is -0.140. The van der Waals surface area contributed by atoms with Gasteiger partial charge in [0.2, 0.25) is 0 Å². The van der Waals surface area contributed by atoms with Crippen LogP contribution in [0.2, 0.25) is 0 Å². The van der Waals surface area contributed by atoms with Gasteiger partial charge < -0.3 is 21.9 Å². The number of carbonyl (C=O) groups excluding carboxylic acids is 1. The normalized spacial score (nSPS) is 29.3. The van der Waals surface area contributed by atoms with Crippen LogP contribution < -0.4 is 21.9 Å². The second-order valence-corrected chi connectivity index (χ2v) is 8.22. The molecule has 0 saturated heterocycles. The summed E-state index contributed by atoms with van der Waals surface area (Å²) < 4.78 is 5.56. The van der Waals surface area contributed by atoms with Crippen LogP contribution in [-0.4, -0.2) is 18.1 Å². The van der Waals surface area contributed by atoms with Gasteiger partial charge in [0.15, 0.2) is 5.75 Å². The smallest absolute Gasteiger partial charge is 0.314 e. The van der Waals surface area contributed by atoms with Crippen LogP contribution in [0.15, 0.2) is 18.2 Å². The van der Waals surface area contributed by atoms with Gasteiger partial charge in [-0.3, -0.25) is 4.79 Å². The number of hydrogen-bond acceptors (Lipinski definition) is 5. The van der Waals surface area contributed by atoms with E-state index in [-0.39, 0.29) is 17.9 Å². The van der Waals surface area contributed by atoms with E-state index in [4.69, 9.17) is 21.9 Å². The molecule has 2 aliphatic carbocycles. The Morgan fingerprint density at radius 3 is 2.19 bits per heavy atom. The lowest BCUT2D eigenvalue weighted by Crippen LogP contribution is -2.31. The van der Waals surface area contributed by atoms with E-state index < -0.39 is 0 Å². The van der Waals surface area contributed by atoms with Gasteiger partial charge in [0.1, 0.15) is 0 Å². The van der Waals surface area contributed by atoms with Gasteiger partial charge in [-0.25, -0.2) is 0 Å². The molecule has 2 aliphatic rings. The number of rotatable bonds is 5. The molecule has 0 unspecified atom stereocenters. The molecule has 144 valence electrons. The lowest BCUT2D eigenvalue weighted by atomic mass is 9.83. The fourth-order valence-corrected chi connectivity index (χ4v) is 4.24. The molecule has 26 heavy (non-hydrogen) atoms. The molecule has 2 fully saturated rings. The molecule has 0 atom stereocenters. The first-order chi connectivity index (χ1) is 12.5. The monoisotopic (exact) mass is 359 g/mol. The van der Waals surface area contributed by atoms with Crippen LogP contribution in [0.5, 0.6) is 5.75 Å². The molecule has 0 bridgehead atoms. The summed E-state index contributed by atoms with van der Waals surface area (Å²) in [5, 5.41) is 0. The molecule has 3 rings (SSSR count). The average molecular weight is 360 g/mol. The number of nitrogen functional groups attached to an aromatic ring is 1. The summed E-state index contributed by atoms with van der Waals surface area (Å²) in [5.41, 5.74) is 19.8. The van der Waals surface area contributed by atoms with Gasteiger partial charge >= 0.3 is 5.97 Å². The molecule has 0 spiro atoms. The van der Waals surface area contributed by atoms with Crippen molar-refractivity contribution >= 4 is 11.7 Å². The van der Waals surface area contributed by atoms with Gasteiger partial charge in [0.25, 0.3) is 0 Å². The first-order valence-electron chi connectivity index (χ1n) is 10.1. The van der Waals surface area contributed by atoms with Gasteiger partial charge in [0, 0.05) is 12.1 Å². The Morgan fingerprint density at radius 1 is 0.962 bits per heavy atom. The zero-order valence-corrected chi connectivity index (χ0v) is 15.7. The largest absolute Gasteiger partial charge is 0.424 e. The predicted molar refractivity (Wildman–Crippen MR) is 105 cm³/mol. The molecule has 5 nitrogen and oxygen atoms in total. The summed E-state index contributed by atoms with van der Waals surface area (Å²) in [4.78, 5) is 12.3. The molecule has 0 aromatic heterocycles. The van der Waals surface area contributed by atoms with Crippen molar-refractivity contribution in [1.29, 1.82) is 0 Å². The fourth-order valence-electron chi connectivity index (χ4n) is 4.24. The van der Waals surface area contributed by atoms with Crippen molar-refractivity contribution in [3.63, 3.8) is 0 Å². The van der Waals surface area contributed by atoms with E-state index in [1.807, 2.05) is 18.2 Å². The average Bonchev–Trinajstić information content (AvgIpc) is 2.64. The lowest BCUT2D eigenvalue weighted by Gasteiger charge is -2.26. The van der Waals surface area contributed by atoms with E-state index in [1.165, 1.54) is 24.8 Å². The second kappa shape index (κ2) is 8.87. The molecule has 1 aromatic rings. The number of ether oxygens (including phenoxy) is 1. The number of anilines is 1. The summed E-state index contributed by atoms with van der Waals surface area (Å²) in [6, 6.07) is 6.45. The van der Waals surface area contributed by atoms with Gasteiger partial charge in [-0.15, -0.1) is 0 Å². The Bertz CT molecular complexity index is 603. The number of hydrogen-bond donors (Lipinski definition) is 3. The highest BCUT2D eigenvalue weighted by atomic mass is 16.5. The maximum atomic E-state index is 12.3. The number of esters is 1. The highest BCUT2D eigenvalue weighted by Gasteiger charge is 2.26. The molecule has 2 saturated carbocycles. The van der Waals surface area contributed by atoms with Gasteiger partial charge in [0.05, 0.1) is 11.6 Å². The van der Waals surface area contributed by atoms with Crippen LogP contribution >= 0.6 is 0 Å². The van der Waals surface area contributed by atoms with Crippen molar-refractivity contribution in [1.82, 2.24) is 0 Å². The molecule has 6 N–H and O–H groups in total. The van der Waals surface area contributed by atoms with E-state index in [0.717, 1.165) is 50.9 Å². The highest BCUT2D eigenvalue weighted by Crippen LogP contribution is 2.30. The molecule has 0 radical (unpaired) electrons. The van der Waals surface area contributed by atoms with E-state index in [9.17, 15) is 4.79 Å². The Hall–Kier alpha value is -1.59. The number of benzene rings is 1. The molecule has 0 aliphatic heterocycles. The van der Waals surface area contributed by atoms with Crippen molar-refractivity contribution in [2.45, 2.75) is 76.3 Å². The van der Waals surface area contributed by atoms with Gasteiger partial charge in [-0.1, -0.05) is 6.07 Å². The summed E-state index contributed by atoms with van der Waals surface area (Å²) in [5.74, 6) is 1.03. The van der Waals surface area contributed by atoms with Crippen LogP contribution in [0.3, 0.4) is 0 Å². The van der Waals surface area contributed by atoms with Crippen molar-refractivity contribution in [3.05, 3.63) is 23.8 Å². The van der Waals surface area contributed by atoms with E-state index in [2.05, 4.69) is 0 Å². The summed E-state index contributed by atoms with van der Waals surface area (Å²) in [7, 11) is 0. The standard InChI is InChI=1S/C21H33N3O2/c22-17-8-3-14(4-9-17)1-2-15-5-12-20(19(24)13-15)26-21(25)16-6-10-18(23)11-7-16/h5,12-14,16-18H,1-4,6-11,22-24H2. The SMILES string of the molecule is Nc1cc(CCC2CCC(N)CC2)ccc1OC(=O)C1CCC(N)CC1. The molecular weight excluding hydrogens is 326 g/mol. The zero-order chi connectivity index (χ0) is 18.5. The second-order valence-electron chi connectivity index (χ2n) is 8.22. The van der Waals surface area contributed by atoms with Crippen LogP contribution in [0.1, 0.15) is 63.4 Å². The molecule has 0 amide bonds. The van der Waals surface area contributed by atoms with Crippen molar-refractivity contribution in [2.24, 2.45) is 23.3 Å². The van der Waals surface area contributed by atoms with Gasteiger partial charge in [-0.2, -0.15) is 0 Å². The Labute approximate surface area is 156 Å². The summed E-state index contributed by atoms with van der Waals surface area (Å²) in [6.07, 6.45) is 10.3. The van der Waals surface area contributed by atoms with Gasteiger partial charge in [-0.05, 0) is 87.8 Å². The maximum Gasteiger partial charge on any atom is 0.314 e. The zero-order valence-electron chi connectivity index (χ0n) is 15.7. The first-order valence-corrected chi connectivity index (χ1v) is 10.1. The topological polar surface area (TPSA) is 104 Å². The Morgan fingerprint density at radius 2 is 1.58 bits per heavy atom. The summed E-state index contributed by atoms with van der Waals surface area (Å²) in [6.45, 7) is 0. The van der Waals surface area contributed by atoms with Crippen molar-refractivity contribution < 1.29 is 9.53 Å². The van der Waals surface area contributed by atoms with E-state index in [0.29, 0.717) is 17.5 Å². The summed E-state index contributed by atoms with van der Waals surface area (Å²) >= 11 is 0. The molecule has 1 aromatic carbocycles. The van der Waals surface area contributed by atoms with Crippen LogP contribution in [0, 0.1) is 11.8 Å². The minimum absolute atomic E-state index is 0.0495. The fraction of sp³-hybridized carbons (Fsp3) is 0.667. The molecule has 5 heteroatoms. The quantitative estimate of drug-likeness (QED) is 0.425. The molecular formula is C21H33N3O2. The number of aryl methyl sites for hydroxylation is 1. The third kappa shape index (κ3) is 5.21. The van der Waals surface area contributed by atoms with E-state index in [1.54, 1.807) is 0 Å². The Kier molecular flexibility index (Phi) is 6.54. The van der Waals surface area contributed by atoms with Crippen LogP contribution in [-0.2, 0) is 11.2 Å². The third-order valence-corrected chi connectivity index (χ3v) is 6.12. The third-order valence-electron chi connectivity index (χ3n) is 6.12. The van der Waals surface area contributed by atoms with Crippen LogP contribution in [0.4, 0.5) is 5.69 Å². The maximum absolute atomic E-state index is 12.3. The number of nitrogens with two attached hydrogens (primary N) is 3. The predicted octanol–water partition coefficient (Wildman–Crippen LogP) is 3.14. The highest BCUT2D eigenvalue weighted by molar-refractivity contribution is 5.77. The van der Waals surface area contributed by atoms with Crippen molar-refractivity contribution in [2.75, 3.05) is 5.73 Å². The van der Waals surface area contributed by atoms with Crippen molar-refractivity contribution in [3.8, 4) is 5.75 Å². The number of carbonyl (C=O) groups is 1.